The molecule has 0 aliphatic rings. The van der Waals surface area contributed by atoms with E-state index >= 15 is 0 Å². The molecule has 4 heteroatoms. The molecule has 0 saturated carbocycles. The fourth-order valence-corrected chi connectivity index (χ4v) is 2.19. The standard InChI is InChI=1S/C14H10Cl2O2/c15-11-3-1-2-9(6-11)13-5-4-12(16)7-10(13)8-14(17)18/h1-7H,8H2,(H,17,18). The van der Waals surface area contributed by atoms with Crippen LogP contribution in [0.1, 0.15) is 5.56 Å². The summed E-state index contributed by atoms with van der Waals surface area (Å²) in [6.07, 6.45) is -0.0671. The molecule has 2 nitrogen and oxygen atoms in total. The van der Waals surface area contributed by atoms with Gasteiger partial charge in [0.1, 0.15) is 0 Å². The molecule has 0 unspecified atom stereocenters. The van der Waals surface area contributed by atoms with Gasteiger partial charge < -0.3 is 5.11 Å². The summed E-state index contributed by atoms with van der Waals surface area (Å²) >= 11 is 11.8. The van der Waals surface area contributed by atoms with Crippen LogP contribution in [-0.2, 0) is 11.2 Å². The molecule has 0 saturated heterocycles. The summed E-state index contributed by atoms with van der Waals surface area (Å²) < 4.78 is 0. The van der Waals surface area contributed by atoms with Crippen LogP contribution in [-0.4, -0.2) is 11.1 Å². The highest BCUT2D eigenvalue weighted by Crippen LogP contribution is 2.28. The molecular weight excluding hydrogens is 271 g/mol. The normalized spacial score (nSPS) is 10.3. The van der Waals surface area contributed by atoms with Gasteiger partial charge in [-0.05, 0) is 41.0 Å². The van der Waals surface area contributed by atoms with Crippen molar-refractivity contribution in [2.75, 3.05) is 0 Å². The molecule has 0 heterocycles. The number of carboxylic acids is 1. The van der Waals surface area contributed by atoms with Gasteiger partial charge in [0.15, 0.2) is 0 Å². The van der Waals surface area contributed by atoms with Crippen LogP contribution >= 0.6 is 23.2 Å². The van der Waals surface area contributed by atoms with Crippen molar-refractivity contribution in [2.24, 2.45) is 0 Å². The highest BCUT2D eigenvalue weighted by atomic mass is 35.5. The molecule has 1 N–H and O–H groups in total. The Kier molecular flexibility index (Phi) is 3.90. The van der Waals surface area contributed by atoms with Crippen molar-refractivity contribution in [1.82, 2.24) is 0 Å². The molecule has 0 aliphatic carbocycles. The maximum atomic E-state index is 10.9. The Morgan fingerprint density at radius 2 is 1.78 bits per heavy atom. The van der Waals surface area contributed by atoms with Crippen LogP contribution in [0.3, 0.4) is 0 Å². The van der Waals surface area contributed by atoms with E-state index < -0.39 is 5.97 Å². The zero-order chi connectivity index (χ0) is 13.1. The SMILES string of the molecule is O=C(O)Cc1cc(Cl)ccc1-c1cccc(Cl)c1. The van der Waals surface area contributed by atoms with Gasteiger partial charge >= 0.3 is 5.97 Å². The molecule has 0 atom stereocenters. The molecule has 0 fully saturated rings. The van der Waals surface area contributed by atoms with E-state index in [9.17, 15) is 4.79 Å². The average Bonchev–Trinajstić information content (AvgIpc) is 2.28. The average molecular weight is 281 g/mol. The van der Waals surface area contributed by atoms with Crippen LogP contribution in [0.2, 0.25) is 10.0 Å². The molecule has 0 aliphatic heterocycles. The molecular formula is C14H10Cl2O2. The number of benzene rings is 2. The van der Waals surface area contributed by atoms with E-state index in [2.05, 4.69) is 0 Å². The predicted molar refractivity (Wildman–Crippen MR) is 73.2 cm³/mol. The van der Waals surface area contributed by atoms with Gasteiger partial charge in [0, 0.05) is 10.0 Å². The Morgan fingerprint density at radius 1 is 1.06 bits per heavy atom. The lowest BCUT2D eigenvalue weighted by Crippen LogP contribution is -2.01. The van der Waals surface area contributed by atoms with E-state index in [-0.39, 0.29) is 6.42 Å². The number of carboxylic acid groups (broad SMARTS) is 1. The Labute approximate surface area is 115 Å². The molecule has 92 valence electrons. The van der Waals surface area contributed by atoms with Gasteiger partial charge in [-0.15, -0.1) is 0 Å². The third-order valence-electron chi connectivity index (χ3n) is 2.54. The van der Waals surface area contributed by atoms with Crippen LogP contribution in [0.15, 0.2) is 42.5 Å². The van der Waals surface area contributed by atoms with Crippen LogP contribution in [0.5, 0.6) is 0 Å². The number of hydrogen-bond acceptors (Lipinski definition) is 1. The van der Waals surface area contributed by atoms with Crippen molar-refractivity contribution in [1.29, 1.82) is 0 Å². The summed E-state index contributed by atoms with van der Waals surface area (Å²) in [5.41, 5.74) is 2.40. The second-order valence-electron chi connectivity index (χ2n) is 3.88. The molecule has 2 aromatic rings. The van der Waals surface area contributed by atoms with E-state index in [4.69, 9.17) is 28.3 Å². The van der Waals surface area contributed by atoms with E-state index in [0.717, 1.165) is 11.1 Å². The lowest BCUT2D eigenvalue weighted by atomic mass is 9.98. The molecule has 0 bridgehead atoms. The van der Waals surface area contributed by atoms with Gasteiger partial charge in [0.2, 0.25) is 0 Å². The predicted octanol–water partition coefficient (Wildman–Crippen LogP) is 4.29. The zero-order valence-corrected chi connectivity index (χ0v) is 10.9. The third-order valence-corrected chi connectivity index (χ3v) is 3.01. The first-order valence-electron chi connectivity index (χ1n) is 5.32. The van der Waals surface area contributed by atoms with Gasteiger partial charge in [-0.3, -0.25) is 4.79 Å². The first-order chi connectivity index (χ1) is 8.56. The highest BCUT2D eigenvalue weighted by molar-refractivity contribution is 6.31. The monoisotopic (exact) mass is 280 g/mol. The topological polar surface area (TPSA) is 37.3 Å². The van der Waals surface area contributed by atoms with Crippen LogP contribution < -0.4 is 0 Å². The van der Waals surface area contributed by atoms with Crippen molar-refractivity contribution < 1.29 is 9.90 Å². The fraction of sp³-hybridized carbons (Fsp3) is 0.0714. The van der Waals surface area contributed by atoms with E-state index in [0.29, 0.717) is 15.6 Å². The van der Waals surface area contributed by atoms with Crippen LogP contribution in [0, 0.1) is 0 Å². The van der Waals surface area contributed by atoms with Crippen molar-refractivity contribution in [3.63, 3.8) is 0 Å². The van der Waals surface area contributed by atoms with Gasteiger partial charge in [0.05, 0.1) is 6.42 Å². The van der Waals surface area contributed by atoms with Crippen LogP contribution in [0.25, 0.3) is 11.1 Å². The quantitative estimate of drug-likeness (QED) is 0.911. The Bertz CT molecular complexity index is 594. The second kappa shape index (κ2) is 5.42. The van der Waals surface area contributed by atoms with E-state index in [1.165, 1.54) is 0 Å². The van der Waals surface area contributed by atoms with Crippen molar-refractivity contribution >= 4 is 29.2 Å². The molecule has 2 aromatic carbocycles. The summed E-state index contributed by atoms with van der Waals surface area (Å²) in [7, 11) is 0. The molecule has 0 spiro atoms. The fourth-order valence-electron chi connectivity index (χ4n) is 1.81. The maximum Gasteiger partial charge on any atom is 0.307 e. The van der Waals surface area contributed by atoms with Gasteiger partial charge in [-0.1, -0.05) is 41.4 Å². The Hall–Kier alpha value is -1.51. The maximum absolute atomic E-state index is 10.9. The molecule has 0 aromatic heterocycles. The zero-order valence-electron chi connectivity index (χ0n) is 9.36. The van der Waals surface area contributed by atoms with Crippen molar-refractivity contribution in [2.45, 2.75) is 6.42 Å². The largest absolute Gasteiger partial charge is 0.481 e. The third kappa shape index (κ3) is 3.03. The lowest BCUT2D eigenvalue weighted by molar-refractivity contribution is -0.136. The number of rotatable bonds is 3. The number of carbonyl (C=O) groups is 1. The van der Waals surface area contributed by atoms with E-state index in [1.807, 2.05) is 18.2 Å². The van der Waals surface area contributed by atoms with Gasteiger partial charge in [-0.25, -0.2) is 0 Å². The number of hydrogen-bond donors (Lipinski definition) is 1. The van der Waals surface area contributed by atoms with Gasteiger partial charge in [-0.2, -0.15) is 0 Å². The first-order valence-corrected chi connectivity index (χ1v) is 6.08. The minimum absolute atomic E-state index is 0.0671. The Balaban J connectivity index is 2.52. The lowest BCUT2D eigenvalue weighted by Gasteiger charge is -2.09. The minimum atomic E-state index is -0.888. The number of halogens is 2. The Morgan fingerprint density at radius 3 is 2.44 bits per heavy atom. The molecule has 18 heavy (non-hydrogen) atoms. The van der Waals surface area contributed by atoms with Crippen LogP contribution in [0.4, 0.5) is 0 Å². The number of aliphatic carboxylic acids is 1. The summed E-state index contributed by atoms with van der Waals surface area (Å²) in [5.74, 6) is -0.888. The summed E-state index contributed by atoms with van der Waals surface area (Å²) in [6.45, 7) is 0. The minimum Gasteiger partial charge on any atom is -0.481 e. The summed E-state index contributed by atoms with van der Waals surface area (Å²) in [5, 5.41) is 10.1. The highest BCUT2D eigenvalue weighted by Gasteiger charge is 2.09. The van der Waals surface area contributed by atoms with Crippen molar-refractivity contribution in [3.8, 4) is 11.1 Å². The van der Waals surface area contributed by atoms with E-state index in [1.54, 1.807) is 24.3 Å². The first kappa shape index (κ1) is 12.9. The summed E-state index contributed by atoms with van der Waals surface area (Å²) in [4.78, 5) is 10.9. The van der Waals surface area contributed by atoms with Crippen molar-refractivity contribution in [3.05, 3.63) is 58.1 Å². The molecule has 0 amide bonds. The second-order valence-corrected chi connectivity index (χ2v) is 4.76. The molecule has 0 radical (unpaired) electrons. The summed E-state index contributed by atoms with van der Waals surface area (Å²) in [6, 6.07) is 12.5. The van der Waals surface area contributed by atoms with Gasteiger partial charge in [0.25, 0.3) is 0 Å². The molecule has 2 rings (SSSR count). The smallest absolute Gasteiger partial charge is 0.307 e.